The number of carbonyl (C=O) groups excluding carboxylic acids is 1. The van der Waals surface area contributed by atoms with E-state index in [2.05, 4.69) is 5.32 Å². The van der Waals surface area contributed by atoms with E-state index in [-0.39, 0.29) is 5.91 Å². The van der Waals surface area contributed by atoms with Crippen LogP contribution in [0.2, 0.25) is 0 Å². The van der Waals surface area contributed by atoms with Gasteiger partial charge in [0.2, 0.25) is 5.91 Å². The third kappa shape index (κ3) is 2.76. The molecule has 0 aromatic heterocycles. The number of nitriles is 1. The predicted molar refractivity (Wildman–Crippen MR) is 54.6 cm³/mol. The zero-order chi connectivity index (χ0) is 10.4. The van der Waals surface area contributed by atoms with Crippen molar-refractivity contribution in [2.75, 3.05) is 5.32 Å². The number of amides is 1. The molecule has 1 aromatic rings. The number of nitrogens with zero attached hydrogens (tertiary/aromatic N) is 1. The molecule has 1 N–H and O–H groups in total. The van der Waals surface area contributed by atoms with Crippen LogP contribution in [-0.2, 0) is 4.79 Å². The molecule has 3 heteroatoms. The van der Waals surface area contributed by atoms with Gasteiger partial charge in [-0.05, 0) is 31.2 Å². The number of hydrogen-bond acceptors (Lipinski definition) is 2. The summed E-state index contributed by atoms with van der Waals surface area (Å²) >= 11 is 0. The normalized spacial score (nSPS) is 9.71. The minimum atomic E-state index is -0.192. The maximum absolute atomic E-state index is 11.1. The van der Waals surface area contributed by atoms with E-state index >= 15 is 0 Å². The molecule has 0 bridgehead atoms. The fourth-order valence-electron chi connectivity index (χ4n) is 1.00. The van der Waals surface area contributed by atoms with E-state index < -0.39 is 0 Å². The van der Waals surface area contributed by atoms with Gasteiger partial charge in [-0.3, -0.25) is 4.79 Å². The maximum Gasteiger partial charge on any atom is 0.248 e. The van der Waals surface area contributed by atoms with Crippen LogP contribution in [0.15, 0.2) is 36.4 Å². The fourth-order valence-corrected chi connectivity index (χ4v) is 1.00. The molecule has 1 aromatic carbocycles. The van der Waals surface area contributed by atoms with Crippen molar-refractivity contribution in [1.82, 2.24) is 0 Å². The molecule has 0 aliphatic heterocycles. The molecular weight excluding hydrogens is 176 g/mol. The van der Waals surface area contributed by atoms with Crippen molar-refractivity contribution in [3.63, 3.8) is 0 Å². The van der Waals surface area contributed by atoms with Crippen LogP contribution in [0.1, 0.15) is 12.5 Å². The molecular formula is C11H10N2O. The van der Waals surface area contributed by atoms with Crippen LogP contribution in [0, 0.1) is 11.3 Å². The van der Waals surface area contributed by atoms with E-state index in [1.807, 2.05) is 6.07 Å². The summed E-state index contributed by atoms with van der Waals surface area (Å²) in [7, 11) is 0. The van der Waals surface area contributed by atoms with Crippen molar-refractivity contribution in [2.24, 2.45) is 0 Å². The van der Waals surface area contributed by atoms with Crippen molar-refractivity contribution in [3.05, 3.63) is 42.0 Å². The van der Waals surface area contributed by atoms with Crippen LogP contribution < -0.4 is 5.32 Å². The lowest BCUT2D eigenvalue weighted by Gasteiger charge is -2.01. The lowest BCUT2D eigenvalue weighted by molar-refractivity contribution is -0.111. The Bertz CT molecular complexity index is 402. The molecule has 1 amide bonds. The molecule has 1 rings (SSSR count). The van der Waals surface area contributed by atoms with Crippen LogP contribution in [0.4, 0.5) is 5.69 Å². The standard InChI is InChI=1S/C11H10N2O/c1-2-4-11(14)13-10-6-3-5-9(7-10)8-12/h2-7H,1H3,(H,13,14)/b4-2+. The van der Waals surface area contributed by atoms with Gasteiger partial charge in [-0.1, -0.05) is 12.1 Å². The molecule has 14 heavy (non-hydrogen) atoms. The van der Waals surface area contributed by atoms with Gasteiger partial charge in [-0.25, -0.2) is 0 Å². The monoisotopic (exact) mass is 186 g/mol. The largest absolute Gasteiger partial charge is 0.322 e. The number of hydrogen-bond donors (Lipinski definition) is 1. The summed E-state index contributed by atoms with van der Waals surface area (Å²) in [5, 5.41) is 11.3. The molecule has 0 radical (unpaired) electrons. The smallest absolute Gasteiger partial charge is 0.248 e. The van der Waals surface area contributed by atoms with Crippen molar-refractivity contribution < 1.29 is 4.79 Å². The second-order valence-electron chi connectivity index (χ2n) is 2.68. The zero-order valence-electron chi connectivity index (χ0n) is 7.82. The maximum atomic E-state index is 11.1. The highest BCUT2D eigenvalue weighted by atomic mass is 16.1. The lowest BCUT2D eigenvalue weighted by atomic mass is 10.2. The molecule has 0 unspecified atom stereocenters. The second kappa shape index (κ2) is 4.83. The van der Waals surface area contributed by atoms with Gasteiger partial charge in [-0.2, -0.15) is 5.26 Å². The second-order valence-corrected chi connectivity index (χ2v) is 2.68. The molecule has 0 aliphatic rings. The molecule has 0 saturated carbocycles. The van der Waals surface area contributed by atoms with Gasteiger partial charge in [-0.15, -0.1) is 0 Å². The first kappa shape index (κ1) is 10.0. The first-order valence-electron chi connectivity index (χ1n) is 4.20. The van der Waals surface area contributed by atoms with E-state index in [9.17, 15) is 4.79 Å². The summed E-state index contributed by atoms with van der Waals surface area (Å²) in [4.78, 5) is 11.1. The Hall–Kier alpha value is -2.08. The van der Waals surface area contributed by atoms with Crippen LogP contribution in [-0.4, -0.2) is 5.91 Å². The summed E-state index contributed by atoms with van der Waals surface area (Å²) in [6, 6.07) is 8.78. The molecule has 0 aliphatic carbocycles. The quantitative estimate of drug-likeness (QED) is 0.719. The van der Waals surface area contributed by atoms with E-state index in [4.69, 9.17) is 5.26 Å². The predicted octanol–water partition coefficient (Wildman–Crippen LogP) is 2.07. The van der Waals surface area contributed by atoms with Gasteiger partial charge < -0.3 is 5.32 Å². The van der Waals surface area contributed by atoms with Gasteiger partial charge >= 0.3 is 0 Å². The number of rotatable bonds is 2. The number of carbonyl (C=O) groups is 1. The minimum absolute atomic E-state index is 0.192. The highest BCUT2D eigenvalue weighted by Gasteiger charge is 1.97. The Kier molecular flexibility index (Phi) is 3.45. The lowest BCUT2D eigenvalue weighted by Crippen LogP contribution is -2.07. The molecule has 0 atom stereocenters. The van der Waals surface area contributed by atoms with E-state index in [0.717, 1.165) is 0 Å². The third-order valence-electron chi connectivity index (χ3n) is 1.58. The van der Waals surface area contributed by atoms with Gasteiger partial charge in [0.25, 0.3) is 0 Å². The molecule has 0 saturated heterocycles. The molecule has 0 heterocycles. The van der Waals surface area contributed by atoms with Crippen molar-refractivity contribution in [2.45, 2.75) is 6.92 Å². The first-order valence-corrected chi connectivity index (χ1v) is 4.20. The first-order chi connectivity index (χ1) is 6.76. The van der Waals surface area contributed by atoms with Crippen molar-refractivity contribution in [3.8, 4) is 6.07 Å². The number of nitrogens with one attached hydrogen (secondary N) is 1. The molecule has 0 fully saturated rings. The Morgan fingerprint density at radius 1 is 1.57 bits per heavy atom. The highest BCUT2D eigenvalue weighted by molar-refractivity contribution is 5.99. The Labute approximate surface area is 82.7 Å². The summed E-state index contributed by atoms with van der Waals surface area (Å²) in [5.41, 5.74) is 1.16. The third-order valence-corrected chi connectivity index (χ3v) is 1.58. The Morgan fingerprint density at radius 3 is 3.00 bits per heavy atom. The van der Waals surface area contributed by atoms with Crippen molar-refractivity contribution >= 4 is 11.6 Å². The van der Waals surface area contributed by atoms with Crippen LogP contribution in [0.5, 0.6) is 0 Å². The number of benzene rings is 1. The summed E-state index contributed by atoms with van der Waals surface area (Å²) in [6.07, 6.45) is 3.09. The molecule has 0 spiro atoms. The average molecular weight is 186 g/mol. The topological polar surface area (TPSA) is 52.9 Å². The fraction of sp³-hybridized carbons (Fsp3) is 0.0909. The van der Waals surface area contributed by atoms with Crippen LogP contribution in [0.3, 0.4) is 0 Å². The number of allylic oxidation sites excluding steroid dienone is 1. The minimum Gasteiger partial charge on any atom is -0.322 e. The van der Waals surface area contributed by atoms with Crippen LogP contribution >= 0.6 is 0 Å². The average Bonchev–Trinajstić information content (AvgIpc) is 2.18. The summed E-state index contributed by atoms with van der Waals surface area (Å²) in [6.45, 7) is 1.77. The molecule has 3 nitrogen and oxygen atoms in total. The van der Waals surface area contributed by atoms with Gasteiger partial charge in [0.15, 0.2) is 0 Å². The van der Waals surface area contributed by atoms with E-state index in [1.165, 1.54) is 6.08 Å². The van der Waals surface area contributed by atoms with Crippen molar-refractivity contribution in [1.29, 1.82) is 5.26 Å². The van der Waals surface area contributed by atoms with Gasteiger partial charge in [0, 0.05) is 5.69 Å². The van der Waals surface area contributed by atoms with E-state index in [1.54, 1.807) is 37.3 Å². The summed E-state index contributed by atoms with van der Waals surface area (Å²) < 4.78 is 0. The van der Waals surface area contributed by atoms with E-state index in [0.29, 0.717) is 11.3 Å². The zero-order valence-corrected chi connectivity index (χ0v) is 7.82. The summed E-state index contributed by atoms with van der Waals surface area (Å²) in [5.74, 6) is -0.192. The Morgan fingerprint density at radius 2 is 2.36 bits per heavy atom. The molecule has 70 valence electrons. The Balaban J connectivity index is 2.78. The van der Waals surface area contributed by atoms with Gasteiger partial charge in [0.1, 0.15) is 0 Å². The highest BCUT2D eigenvalue weighted by Crippen LogP contribution is 2.09. The number of anilines is 1. The SMILES string of the molecule is C/C=C/C(=O)Nc1cccc(C#N)c1. The van der Waals surface area contributed by atoms with Gasteiger partial charge in [0.05, 0.1) is 11.6 Å². The van der Waals surface area contributed by atoms with Crippen LogP contribution in [0.25, 0.3) is 0 Å².